The Kier molecular flexibility index (Phi) is 4.21. The van der Waals surface area contributed by atoms with E-state index < -0.39 is 6.04 Å². The van der Waals surface area contributed by atoms with Crippen molar-refractivity contribution in [1.82, 2.24) is 0 Å². The molecule has 0 spiro atoms. The molecular formula is C17H15ClN2O3. The number of nitrogens with one attached hydrogen (secondary N) is 1. The van der Waals surface area contributed by atoms with Gasteiger partial charge in [-0.3, -0.25) is 9.59 Å². The molecule has 23 heavy (non-hydrogen) atoms. The molecule has 0 unspecified atom stereocenters. The van der Waals surface area contributed by atoms with Gasteiger partial charge < -0.3 is 10.1 Å². The van der Waals surface area contributed by atoms with Gasteiger partial charge in [0.1, 0.15) is 11.8 Å². The lowest BCUT2D eigenvalue weighted by Crippen LogP contribution is -2.34. The van der Waals surface area contributed by atoms with E-state index in [2.05, 4.69) is 5.32 Å². The largest absolute Gasteiger partial charge is 0.495 e. The quantitative estimate of drug-likeness (QED) is 0.875. The van der Waals surface area contributed by atoms with E-state index in [-0.39, 0.29) is 18.2 Å². The fourth-order valence-corrected chi connectivity index (χ4v) is 2.77. The molecule has 3 rings (SSSR count). The molecule has 1 saturated heterocycles. The summed E-state index contributed by atoms with van der Waals surface area (Å²) in [4.78, 5) is 26.0. The number of imide groups is 1. The van der Waals surface area contributed by atoms with Crippen LogP contribution < -0.4 is 15.0 Å². The minimum atomic E-state index is -0.627. The van der Waals surface area contributed by atoms with Crippen molar-refractivity contribution in [2.24, 2.45) is 0 Å². The molecule has 0 aromatic heterocycles. The van der Waals surface area contributed by atoms with Crippen LogP contribution in [-0.2, 0) is 9.59 Å². The smallest absolute Gasteiger partial charge is 0.256 e. The van der Waals surface area contributed by atoms with E-state index in [1.165, 1.54) is 4.90 Å². The first-order valence-corrected chi connectivity index (χ1v) is 7.50. The summed E-state index contributed by atoms with van der Waals surface area (Å²) in [5.41, 5.74) is 1.16. The maximum absolute atomic E-state index is 12.6. The summed E-state index contributed by atoms with van der Waals surface area (Å²) in [7, 11) is 1.56. The number of methoxy groups -OCH3 is 1. The number of rotatable bonds is 4. The maximum Gasteiger partial charge on any atom is 0.256 e. The van der Waals surface area contributed by atoms with Crippen LogP contribution in [0.4, 0.5) is 11.4 Å². The van der Waals surface area contributed by atoms with Gasteiger partial charge in [0.05, 0.1) is 24.9 Å². The van der Waals surface area contributed by atoms with Crippen LogP contribution in [0.15, 0.2) is 48.5 Å². The first kappa shape index (κ1) is 15.4. The fraction of sp³-hybridized carbons (Fsp3) is 0.176. The Morgan fingerprint density at radius 2 is 1.96 bits per heavy atom. The number of benzene rings is 2. The van der Waals surface area contributed by atoms with Gasteiger partial charge in [0, 0.05) is 5.02 Å². The lowest BCUT2D eigenvalue weighted by atomic mass is 10.2. The number of nitrogens with zero attached hydrogens (tertiary/aromatic N) is 1. The van der Waals surface area contributed by atoms with Gasteiger partial charge in [-0.05, 0) is 30.3 Å². The van der Waals surface area contributed by atoms with Gasteiger partial charge >= 0.3 is 0 Å². The van der Waals surface area contributed by atoms with Gasteiger partial charge in [-0.15, -0.1) is 0 Å². The number of para-hydroxylation sites is 2. The third-order valence-corrected chi connectivity index (χ3v) is 3.88. The molecule has 1 N–H and O–H groups in total. The maximum atomic E-state index is 12.6. The molecule has 6 heteroatoms. The highest BCUT2D eigenvalue weighted by Crippen LogP contribution is 2.29. The first-order valence-electron chi connectivity index (χ1n) is 7.12. The van der Waals surface area contributed by atoms with E-state index >= 15 is 0 Å². The Morgan fingerprint density at radius 1 is 1.17 bits per heavy atom. The highest BCUT2D eigenvalue weighted by molar-refractivity contribution is 6.31. The van der Waals surface area contributed by atoms with Crippen LogP contribution in [0.2, 0.25) is 5.02 Å². The molecule has 2 aromatic rings. The molecule has 5 nitrogen and oxygen atoms in total. The summed E-state index contributed by atoms with van der Waals surface area (Å²) in [6, 6.07) is 13.3. The predicted octanol–water partition coefficient (Wildman–Crippen LogP) is 3.09. The minimum Gasteiger partial charge on any atom is -0.495 e. The third kappa shape index (κ3) is 3.00. The van der Waals surface area contributed by atoms with E-state index in [1.807, 2.05) is 12.1 Å². The molecular weight excluding hydrogens is 316 g/mol. The molecule has 0 bridgehead atoms. The van der Waals surface area contributed by atoms with E-state index in [9.17, 15) is 9.59 Å². The van der Waals surface area contributed by atoms with Gasteiger partial charge in [0.2, 0.25) is 5.91 Å². The van der Waals surface area contributed by atoms with Crippen molar-refractivity contribution in [3.8, 4) is 5.75 Å². The molecule has 1 heterocycles. The lowest BCUT2D eigenvalue weighted by Gasteiger charge is -2.17. The molecule has 118 valence electrons. The Morgan fingerprint density at radius 3 is 2.70 bits per heavy atom. The second-order valence-corrected chi connectivity index (χ2v) is 5.59. The van der Waals surface area contributed by atoms with E-state index in [1.54, 1.807) is 43.5 Å². The monoisotopic (exact) mass is 330 g/mol. The summed E-state index contributed by atoms with van der Waals surface area (Å²) in [6.07, 6.45) is 0.0867. The normalized spacial score (nSPS) is 17.5. The summed E-state index contributed by atoms with van der Waals surface area (Å²) in [5, 5.41) is 3.56. The Labute approximate surface area is 138 Å². The van der Waals surface area contributed by atoms with Gasteiger partial charge in [0.15, 0.2) is 0 Å². The SMILES string of the molecule is COc1ccccc1N[C@@H]1CC(=O)N(c2cccc(Cl)c2)C1=O. The average molecular weight is 331 g/mol. The molecule has 2 amide bonds. The third-order valence-electron chi connectivity index (χ3n) is 3.65. The minimum absolute atomic E-state index is 0.0867. The van der Waals surface area contributed by atoms with Crippen molar-refractivity contribution in [3.05, 3.63) is 53.6 Å². The summed E-state index contributed by atoms with van der Waals surface area (Å²) in [5.74, 6) is 0.0572. The second-order valence-electron chi connectivity index (χ2n) is 5.15. The van der Waals surface area contributed by atoms with Crippen LogP contribution >= 0.6 is 11.6 Å². The van der Waals surface area contributed by atoms with Gasteiger partial charge in [-0.1, -0.05) is 29.8 Å². The molecule has 1 aliphatic rings. The van der Waals surface area contributed by atoms with Crippen molar-refractivity contribution in [2.45, 2.75) is 12.5 Å². The van der Waals surface area contributed by atoms with Crippen molar-refractivity contribution in [3.63, 3.8) is 0 Å². The average Bonchev–Trinajstić information content (AvgIpc) is 2.82. The number of carbonyl (C=O) groups excluding carboxylic acids is 2. The van der Waals surface area contributed by atoms with Gasteiger partial charge in [0.25, 0.3) is 5.91 Å². The van der Waals surface area contributed by atoms with Crippen LogP contribution in [-0.4, -0.2) is 25.0 Å². The topological polar surface area (TPSA) is 58.6 Å². The molecule has 1 atom stereocenters. The molecule has 2 aromatic carbocycles. The number of hydrogen-bond donors (Lipinski definition) is 1. The number of amides is 2. The van der Waals surface area contributed by atoms with Crippen molar-refractivity contribution in [2.75, 3.05) is 17.3 Å². The first-order chi connectivity index (χ1) is 11.1. The van der Waals surface area contributed by atoms with E-state index in [0.29, 0.717) is 22.1 Å². The van der Waals surface area contributed by atoms with Crippen LogP contribution in [0.3, 0.4) is 0 Å². The number of carbonyl (C=O) groups is 2. The van der Waals surface area contributed by atoms with Crippen molar-refractivity contribution >= 4 is 34.8 Å². The number of hydrogen-bond acceptors (Lipinski definition) is 4. The summed E-state index contributed by atoms with van der Waals surface area (Å²) >= 11 is 5.94. The Bertz CT molecular complexity index is 763. The molecule has 1 fully saturated rings. The summed E-state index contributed by atoms with van der Waals surface area (Å²) in [6.45, 7) is 0. The zero-order valence-corrected chi connectivity index (χ0v) is 13.2. The fourth-order valence-electron chi connectivity index (χ4n) is 2.58. The predicted molar refractivity (Wildman–Crippen MR) is 89.0 cm³/mol. The zero-order valence-electron chi connectivity index (χ0n) is 12.5. The molecule has 0 saturated carbocycles. The zero-order chi connectivity index (χ0) is 16.4. The number of ether oxygens (including phenoxy) is 1. The standard InChI is InChI=1S/C17H15ClN2O3/c1-23-15-8-3-2-7-13(15)19-14-10-16(21)20(17(14)22)12-6-4-5-11(18)9-12/h2-9,14,19H,10H2,1H3/t14-/m1/s1. The highest BCUT2D eigenvalue weighted by atomic mass is 35.5. The Hall–Kier alpha value is -2.53. The molecule has 0 aliphatic carbocycles. The van der Waals surface area contributed by atoms with Crippen molar-refractivity contribution < 1.29 is 14.3 Å². The van der Waals surface area contributed by atoms with E-state index in [0.717, 1.165) is 0 Å². The van der Waals surface area contributed by atoms with Crippen LogP contribution in [0.1, 0.15) is 6.42 Å². The van der Waals surface area contributed by atoms with Crippen LogP contribution in [0.25, 0.3) is 0 Å². The number of anilines is 2. The Balaban J connectivity index is 1.84. The van der Waals surface area contributed by atoms with Gasteiger partial charge in [-0.2, -0.15) is 0 Å². The van der Waals surface area contributed by atoms with Crippen LogP contribution in [0, 0.1) is 0 Å². The van der Waals surface area contributed by atoms with Gasteiger partial charge in [-0.25, -0.2) is 4.90 Å². The van der Waals surface area contributed by atoms with Crippen molar-refractivity contribution in [1.29, 1.82) is 0 Å². The lowest BCUT2D eigenvalue weighted by molar-refractivity contribution is -0.121. The molecule has 0 radical (unpaired) electrons. The van der Waals surface area contributed by atoms with E-state index in [4.69, 9.17) is 16.3 Å². The summed E-state index contributed by atoms with van der Waals surface area (Å²) < 4.78 is 5.26. The number of halogens is 1. The highest BCUT2D eigenvalue weighted by Gasteiger charge is 2.39. The van der Waals surface area contributed by atoms with Crippen LogP contribution in [0.5, 0.6) is 5.75 Å². The molecule has 1 aliphatic heterocycles. The second kappa shape index (κ2) is 6.30.